The maximum absolute atomic E-state index is 12.1. The summed E-state index contributed by atoms with van der Waals surface area (Å²) in [5.41, 5.74) is 0. The summed E-state index contributed by atoms with van der Waals surface area (Å²) in [7, 11) is 0. The van der Waals surface area contributed by atoms with E-state index in [-0.39, 0.29) is 13.1 Å². The van der Waals surface area contributed by atoms with Crippen molar-refractivity contribution >= 4 is 0 Å². The Balaban J connectivity index is 2.15. The number of hydrogen-bond acceptors (Lipinski definition) is 1. The van der Waals surface area contributed by atoms with Crippen LogP contribution in [0, 0.1) is 0 Å². The zero-order valence-electron chi connectivity index (χ0n) is 5.98. The van der Waals surface area contributed by atoms with Crippen LogP contribution in [0.4, 0.5) is 8.78 Å². The molecule has 0 unspecified atom stereocenters. The van der Waals surface area contributed by atoms with Crippen LogP contribution in [0.2, 0.25) is 0 Å². The van der Waals surface area contributed by atoms with E-state index in [1.165, 1.54) is 0 Å². The first kappa shape index (κ1) is 7.66. The van der Waals surface area contributed by atoms with Gasteiger partial charge in [0.15, 0.2) is 0 Å². The summed E-state index contributed by atoms with van der Waals surface area (Å²) in [5.74, 6) is -2.42. The standard InChI is InChI=1S/C7H11F2N/c1-2-3-4-10-5-7(8,9)6-10/h2-3H,4-6H2,1H3/b3-2+. The van der Waals surface area contributed by atoms with E-state index < -0.39 is 5.92 Å². The number of alkyl halides is 2. The summed E-state index contributed by atoms with van der Waals surface area (Å²) in [5, 5.41) is 0. The molecule has 3 heteroatoms. The van der Waals surface area contributed by atoms with E-state index in [4.69, 9.17) is 0 Å². The Kier molecular flexibility index (Phi) is 2.04. The molecular weight excluding hydrogens is 136 g/mol. The van der Waals surface area contributed by atoms with Crippen LogP contribution in [0.15, 0.2) is 12.2 Å². The lowest BCUT2D eigenvalue weighted by Crippen LogP contribution is -2.55. The molecule has 0 N–H and O–H groups in total. The summed E-state index contributed by atoms with van der Waals surface area (Å²) in [6.45, 7) is 2.40. The van der Waals surface area contributed by atoms with E-state index in [1.807, 2.05) is 19.1 Å². The van der Waals surface area contributed by atoms with Crippen molar-refractivity contribution < 1.29 is 8.78 Å². The van der Waals surface area contributed by atoms with E-state index >= 15 is 0 Å². The highest BCUT2D eigenvalue weighted by atomic mass is 19.3. The summed E-state index contributed by atoms with van der Waals surface area (Å²) in [6.07, 6.45) is 3.76. The second-order valence-electron chi connectivity index (χ2n) is 2.59. The van der Waals surface area contributed by atoms with Crippen molar-refractivity contribution in [1.82, 2.24) is 4.90 Å². The zero-order valence-corrected chi connectivity index (χ0v) is 5.98. The predicted octanol–water partition coefficient (Wildman–Crippen LogP) is 1.51. The van der Waals surface area contributed by atoms with Crippen LogP contribution in [0.3, 0.4) is 0 Å². The lowest BCUT2D eigenvalue weighted by molar-refractivity contribution is -0.125. The second kappa shape index (κ2) is 2.66. The van der Waals surface area contributed by atoms with Crippen LogP contribution in [-0.4, -0.2) is 30.5 Å². The van der Waals surface area contributed by atoms with Gasteiger partial charge in [-0.1, -0.05) is 12.2 Å². The minimum absolute atomic E-state index is 0.0721. The van der Waals surface area contributed by atoms with Crippen molar-refractivity contribution in [3.8, 4) is 0 Å². The molecule has 58 valence electrons. The molecule has 10 heavy (non-hydrogen) atoms. The normalized spacial score (nSPS) is 25.1. The first-order valence-electron chi connectivity index (χ1n) is 3.35. The minimum atomic E-state index is -2.42. The number of allylic oxidation sites excluding steroid dienone is 1. The van der Waals surface area contributed by atoms with Gasteiger partial charge in [0, 0.05) is 6.54 Å². The Morgan fingerprint density at radius 2 is 2.10 bits per heavy atom. The maximum Gasteiger partial charge on any atom is 0.272 e. The summed E-state index contributed by atoms with van der Waals surface area (Å²) >= 11 is 0. The van der Waals surface area contributed by atoms with Gasteiger partial charge in [0.2, 0.25) is 0 Å². The topological polar surface area (TPSA) is 3.24 Å². The summed E-state index contributed by atoms with van der Waals surface area (Å²) < 4.78 is 24.3. The average molecular weight is 147 g/mol. The first-order chi connectivity index (χ1) is 4.64. The van der Waals surface area contributed by atoms with Gasteiger partial charge in [-0.15, -0.1) is 0 Å². The molecular formula is C7H11F2N. The average Bonchev–Trinajstić information content (AvgIpc) is 1.78. The van der Waals surface area contributed by atoms with Gasteiger partial charge in [-0.05, 0) is 6.92 Å². The van der Waals surface area contributed by atoms with Gasteiger partial charge in [-0.2, -0.15) is 0 Å². The molecule has 0 bridgehead atoms. The highest BCUT2D eigenvalue weighted by Crippen LogP contribution is 2.25. The molecule has 0 amide bonds. The Morgan fingerprint density at radius 3 is 2.50 bits per heavy atom. The molecule has 1 nitrogen and oxygen atoms in total. The van der Waals surface area contributed by atoms with Crippen molar-refractivity contribution in [1.29, 1.82) is 0 Å². The minimum Gasteiger partial charge on any atom is -0.288 e. The van der Waals surface area contributed by atoms with Gasteiger partial charge in [0.25, 0.3) is 5.92 Å². The number of halogens is 2. The van der Waals surface area contributed by atoms with Crippen molar-refractivity contribution in [3.63, 3.8) is 0 Å². The van der Waals surface area contributed by atoms with Gasteiger partial charge in [-0.25, -0.2) is 8.78 Å². The smallest absolute Gasteiger partial charge is 0.272 e. The van der Waals surface area contributed by atoms with Crippen LogP contribution in [0.5, 0.6) is 0 Å². The molecule has 0 aliphatic carbocycles. The first-order valence-corrected chi connectivity index (χ1v) is 3.35. The molecule has 1 fully saturated rings. The predicted molar refractivity (Wildman–Crippen MR) is 36.2 cm³/mol. The molecule has 1 rings (SSSR count). The summed E-state index contributed by atoms with van der Waals surface area (Å²) in [4.78, 5) is 1.71. The highest BCUT2D eigenvalue weighted by molar-refractivity contribution is 4.92. The summed E-state index contributed by atoms with van der Waals surface area (Å²) in [6, 6.07) is 0. The van der Waals surface area contributed by atoms with Crippen molar-refractivity contribution in [2.75, 3.05) is 19.6 Å². The fraction of sp³-hybridized carbons (Fsp3) is 0.714. The molecule has 0 atom stereocenters. The number of nitrogens with zero attached hydrogens (tertiary/aromatic N) is 1. The van der Waals surface area contributed by atoms with Crippen LogP contribution in [0.1, 0.15) is 6.92 Å². The lowest BCUT2D eigenvalue weighted by atomic mass is 10.1. The fourth-order valence-electron chi connectivity index (χ4n) is 0.992. The van der Waals surface area contributed by atoms with E-state index in [0.717, 1.165) is 0 Å². The second-order valence-corrected chi connectivity index (χ2v) is 2.59. The van der Waals surface area contributed by atoms with Crippen molar-refractivity contribution in [3.05, 3.63) is 12.2 Å². The van der Waals surface area contributed by atoms with Crippen molar-refractivity contribution in [2.45, 2.75) is 12.8 Å². The molecule has 0 aromatic heterocycles. The SMILES string of the molecule is C/C=C/CN1CC(F)(F)C1. The highest BCUT2D eigenvalue weighted by Gasteiger charge is 2.42. The molecule has 0 radical (unpaired) electrons. The van der Waals surface area contributed by atoms with Gasteiger partial charge in [0.05, 0.1) is 13.1 Å². The largest absolute Gasteiger partial charge is 0.288 e. The third kappa shape index (κ3) is 1.77. The van der Waals surface area contributed by atoms with E-state index in [9.17, 15) is 8.78 Å². The van der Waals surface area contributed by atoms with E-state index in [1.54, 1.807) is 4.90 Å². The van der Waals surface area contributed by atoms with Gasteiger partial charge >= 0.3 is 0 Å². The Labute approximate surface area is 59.3 Å². The third-order valence-corrected chi connectivity index (χ3v) is 1.51. The number of likely N-dealkylation sites (tertiary alicyclic amines) is 1. The monoisotopic (exact) mass is 147 g/mol. The molecule has 0 aromatic carbocycles. The van der Waals surface area contributed by atoms with Crippen LogP contribution in [-0.2, 0) is 0 Å². The molecule has 0 saturated carbocycles. The maximum atomic E-state index is 12.1. The molecule has 0 aromatic rings. The molecule has 1 aliphatic rings. The van der Waals surface area contributed by atoms with E-state index in [0.29, 0.717) is 6.54 Å². The number of hydrogen-bond donors (Lipinski definition) is 0. The van der Waals surface area contributed by atoms with Crippen LogP contribution in [0.25, 0.3) is 0 Å². The fourth-order valence-corrected chi connectivity index (χ4v) is 0.992. The Bertz CT molecular complexity index is 135. The van der Waals surface area contributed by atoms with Gasteiger partial charge < -0.3 is 0 Å². The van der Waals surface area contributed by atoms with Crippen LogP contribution >= 0.6 is 0 Å². The van der Waals surface area contributed by atoms with Crippen LogP contribution < -0.4 is 0 Å². The van der Waals surface area contributed by atoms with Gasteiger partial charge in [0.1, 0.15) is 0 Å². The quantitative estimate of drug-likeness (QED) is 0.535. The Morgan fingerprint density at radius 1 is 1.50 bits per heavy atom. The lowest BCUT2D eigenvalue weighted by Gasteiger charge is -2.37. The molecule has 0 spiro atoms. The zero-order chi connectivity index (χ0) is 7.61. The van der Waals surface area contributed by atoms with E-state index in [2.05, 4.69) is 0 Å². The van der Waals surface area contributed by atoms with Crippen molar-refractivity contribution in [2.24, 2.45) is 0 Å². The Hall–Kier alpha value is -0.440. The number of rotatable bonds is 2. The third-order valence-electron chi connectivity index (χ3n) is 1.51. The molecule has 1 saturated heterocycles. The van der Waals surface area contributed by atoms with Gasteiger partial charge in [-0.3, -0.25) is 4.90 Å². The molecule has 1 aliphatic heterocycles. The molecule has 1 heterocycles.